The van der Waals surface area contributed by atoms with Crippen molar-refractivity contribution in [3.8, 4) is 5.75 Å². The molecule has 2 heterocycles. The van der Waals surface area contributed by atoms with E-state index < -0.39 is 0 Å². The monoisotopic (exact) mass is 289 g/mol. The van der Waals surface area contributed by atoms with E-state index in [4.69, 9.17) is 4.74 Å². The SMILES string of the molecule is CCCNCc1cnc(C2CSc3ccccc3O2)[nH]1. The summed E-state index contributed by atoms with van der Waals surface area (Å²) < 4.78 is 6.02. The molecule has 5 heteroatoms. The van der Waals surface area contributed by atoms with E-state index in [-0.39, 0.29) is 6.10 Å². The number of aromatic nitrogens is 2. The Kier molecular flexibility index (Phi) is 4.28. The first kappa shape index (κ1) is 13.5. The molecule has 1 aliphatic heterocycles. The summed E-state index contributed by atoms with van der Waals surface area (Å²) >= 11 is 1.82. The number of nitrogens with zero attached hydrogens (tertiary/aromatic N) is 1. The van der Waals surface area contributed by atoms with Crippen molar-refractivity contribution in [1.29, 1.82) is 0 Å². The lowest BCUT2D eigenvalue weighted by Gasteiger charge is -2.23. The highest BCUT2D eigenvalue weighted by Gasteiger charge is 2.23. The number of ether oxygens (including phenoxy) is 1. The van der Waals surface area contributed by atoms with Crippen LogP contribution in [0, 0.1) is 0 Å². The number of nitrogens with one attached hydrogen (secondary N) is 2. The fourth-order valence-electron chi connectivity index (χ4n) is 2.18. The zero-order chi connectivity index (χ0) is 13.8. The van der Waals surface area contributed by atoms with Crippen molar-refractivity contribution < 1.29 is 4.74 Å². The first-order chi connectivity index (χ1) is 9.86. The standard InChI is InChI=1S/C15H19N3OS/c1-2-7-16-8-11-9-17-15(18-11)13-10-20-14-6-4-3-5-12(14)19-13/h3-6,9,13,16H,2,7-8,10H2,1H3,(H,17,18). The average molecular weight is 289 g/mol. The van der Waals surface area contributed by atoms with Crippen LogP contribution in [0.5, 0.6) is 5.75 Å². The Hall–Kier alpha value is -1.46. The van der Waals surface area contributed by atoms with Gasteiger partial charge in [0.05, 0.1) is 0 Å². The van der Waals surface area contributed by atoms with Crippen LogP contribution in [0.3, 0.4) is 0 Å². The Balaban J connectivity index is 1.66. The molecule has 20 heavy (non-hydrogen) atoms. The van der Waals surface area contributed by atoms with Gasteiger partial charge in [-0.1, -0.05) is 19.1 Å². The van der Waals surface area contributed by atoms with Gasteiger partial charge < -0.3 is 15.0 Å². The van der Waals surface area contributed by atoms with Gasteiger partial charge in [-0.2, -0.15) is 0 Å². The van der Waals surface area contributed by atoms with Crippen molar-refractivity contribution >= 4 is 11.8 Å². The molecule has 1 atom stereocenters. The molecule has 1 aliphatic rings. The van der Waals surface area contributed by atoms with Gasteiger partial charge in [-0.15, -0.1) is 11.8 Å². The normalized spacial score (nSPS) is 17.6. The van der Waals surface area contributed by atoms with Crippen molar-refractivity contribution in [2.45, 2.75) is 30.9 Å². The molecule has 2 N–H and O–H groups in total. The zero-order valence-corrected chi connectivity index (χ0v) is 12.4. The molecular formula is C15H19N3OS. The smallest absolute Gasteiger partial charge is 0.165 e. The summed E-state index contributed by atoms with van der Waals surface area (Å²) in [6.07, 6.45) is 3.04. The number of imidazole rings is 1. The van der Waals surface area contributed by atoms with Crippen LogP contribution in [0.4, 0.5) is 0 Å². The van der Waals surface area contributed by atoms with Crippen LogP contribution in [0.15, 0.2) is 35.4 Å². The van der Waals surface area contributed by atoms with Crippen molar-refractivity contribution in [1.82, 2.24) is 15.3 Å². The van der Waals surface area contributed by atoms with Gasteiger partial charge >= 0.3 is 0 Å². The summed E-state index contributed by atoms with van der Waals surface area (Å²) in [6.45, 7) is 4.02. The van der Waals surface area contributed by atoms with Crippen LogP contribution in [0.1, 0.15) is 31.0 Å². The fourth-order valence-corrected chi connectivity index (χ4v) is 3.17. The highest BCUT2D eigenvalue weighted by atomic mass is 32.2. The van der Waals surface area contributed by atoms with E-state index in [1.807, 2.05) is 36.2 Å². The lowest BCUT2D eigenvalue weighted by molar-refractivity contribution is 0.211. The molecule has 0 saturated carbocycles. The maximum Gasteiger partial charge on any atom is 0.165 e. The van der Waals surface area contributed by atoms with Crippen LogP contribution in [0.2, 0.25) is 0 Å². The molecule has 0 saturated heterocycles. The highest BCUT2D eigenvalue weighted by molar-refractivity contribution is 7.99. The van der Waals surface area contributed by atoms with Gasteiger partial charge in [-0.25, -0.2) is 4.98 Å². The molecule has 3 rings (SSSR count). The second kappa shape index (κ2) is 6.33. The first-order valence-corrected chi connectivity index (χ1v) is 7.98. The minimum Gasteiger partial charge on any atom is -0.480 e. The number of para-hydroxylation sites is 1. The summed E-state index contributed by atoms with van der Waals surface area (Å²) in [7, 11) is 0. The number of benzene rings is 1. The molecule has 1 unspecified atom stereocenters. The van der Waals surface area contributed by atoms with E-state index in [2.05, 4.69) is 28.3 Å². The number of hydrogen-bond acceptors (Lipinski definition) is 4. The molecule has 2 aromatic rings. The Morgan fingerprint density at radius 1 is 1.45 bits per heavy atom. The Labute approximate surface area is 123 Å². The molecule has 0 aliphatic carbocycles. The van der Waals surface area contributed by atoms with Crippen molar-refractivity contribution in [3.05, 3.63) is 42.0 Å². The molecule has 0 radical (unpaired) electrons. The van der Waals surface area contributed by atoms with Crippen molar-refractivity contribution in [3.63, 3.8) is 0 Å². The number of H-pyrrole nitrogens is 1. The topological polar surface area (TPSA) is 49.9 Å². The van der Waals surface area contributed by atoms with Crippen LogP contribution >= 0.6 is 11.8 Å². The molecule has 1 aromatic carbocycles. The zero-order valence-electron chi connectivity index (χ0n) is 11.6. The maximum absolute atomic E-state index is 6.02. The quantitative estimate of drug-likeness (QED) is 0.830. The predicted molar refractivity (Wildman–Crippen MR) is 81.1 cm³/mol. The van der Waals surface area contributed by atoms with Gasteiger partial charge in [-0.05, 0) is 25.1 Å². The van der Waals surface area contributed by atoms with E-state index in [1.165, 1.54) is 4.90 Å². The number of hydrogen-bond donors (Lipinski definition) is 2. The van der Waals surface area contributed by atoms with Gasteiger partial charge in [0.15, 0.2) is 6.10 Å². The second-order valence-corrected chi connectivity index (χ2v) is 5.90. The molecular weight excluding hydrogens is 270 g/mol. The van der Waals surface area contributed by atoms with E-state index in [0.717, 1.165) is 42.5 Å². The second-order valence-electron chi connectivity index (χ2n) is 4.83. The molecule has 0 amide bonds. The number of thioether (sulfide) groups is 1. The van der Waals surface area contributed by atoms with E-state index in [1.54, 1.807) is 0 Å². The third kappa shape index (κ3) is 2.99. The lowest BCUT2D eigenvalue weighted by atomic mass is 10.3. The van der Waals surface area contributed by atoms with Gasteiger partial charge in [-0.3, -0.25) is 0 Å². The van der Waals surface area contributed by atoms with E-state index >= 15 is 0 Å². The van der Waals surface area contributed by atoms with Crippen LogP contribution < -0.4 is 10.1 Å². The van der Waals surface area contributed by atoms with Crippen LogP contribution in [0.25, 0.3) is 0 Å². The molecule has 1 aromatic heterocycles. The van der Waals surface area contributed by atoms with Gasteiger partial charge in [0.1, 0.15) is 11.6 Å². The third-order valence-corrected chi connectivity index (χ3v) is 4.32. The van der Waals surface area contributed by atoms with Crippen LogP contribution in [-0.4, -0.2) is 22.3 Å². The fraction of sp³-hybridized carbons (Fsp3) is 0.400. The summed E-state index contributed by atoms with van der Waals surface area (Å²) in [5.41, 5.74) is 1.11. The average Bonchev–Trinajstić information content (AvgIpc) is 2.96. The highest BCUT2D eigenvalue weighted by Crippen LogP contribution is 2.39. The Morgan fingerprint density at radius 2 is 2.35 bits per heavy atom. The number of fused-ring (bicyclic) bond motifs is 1. The summed E-state index contributed by atoms with van der Waals surface area (Å²) in [5, 5.41) is 3.37. The summed E-state index contributed by atoms with van der Waals surface area (Å²) in [4.78, 5) is 9.03. The third-order valence-electron chi connectivity index (χ3n) is 3.20. The van der Waals surface area contributed by atoms with Crippen LogP contribution in [-0.2, 0) is 6.54 Å². The molecule has 0 spiro atoms. The molecule has 106 valence electrons. The van der Waals surface area contributed by atoms with Crippen molar-refractivity contribution in [2.24, 2.45) is 0 Å². The number of rotatable bonds is 5. The maximum atomic E-state index is 6.02. The minimum absolute atomic E-state index is 0.00910. The predicted octanol–water partition coefficient (Wildman–Crippen LogP) is 3.14. The molecule has 4 nitrogen and oxygen atoms in total. The Bertz CT molecular complexity index is 570. The molecule has 0 bridgehead atoms. The first-order valence-electron chi connectivity index (χ1n) is 7.00. The Morgan fingerprint density at radius 3 is 3.25 bits per heavy atom. The minimum atomic E-state index is 0.00910. The largest absolute Gasteiger partial charge is 0.480 e. The summed E-state index contributed by atoms with van der Waals surface area (Å²) in [5.74, 6) is 2.77. The molecule has 0 fully saturated rings. The lowest BCUT2D eigenvalue weighted by Crippen LogP contribution is -2.17. The number of aromatic amines is 1. The van der Waals surface area contributed by atoms with Gasteiger partial charge in [0.2, 0.25) is 0 Å². The van der Waals surface area contributed by atoms with Gasteiger partial charge in [0, 0.05) is 29.1 Å². The van der Waals surface area contributed by atoms with Crippen molar-refractivity contribution in [2.75, 3.05) is 12.3 Å². The van der Waals surface area contributed by atoms with E-state index in [0.29, 0.717) is 0 Å². The van der Waals surface area contributed by atoms with E-state index in [9.17, 15) is 0 Å². The summed E-state index contributed by atoms with van der Waals surface area (Å²) in [6, 6.07) is 8.16. The van der Waals surface area contributed by atoms with Gasteiger partial charge in [0.25, 0.3) is 0 Å².